The molecule has 1 saturated heterocycles. The molecule has 0 bridgehead atoms. The largest absolute Gasteiger partial charge is 0.491 e. The molecule has 1 aromatic rings. The first kappa shape index (κ1) is 14.9. The normalized spacial score (nSPS) is 25.2. The molecule has 1 N–H and O–H groups in total. The van der Waals surface area contributed by atoms with Gasteiger partial charge >= 0.3 is 0 Å². The molecule has 1 aromatic carbocycles. The number of rotatable bonds is 3. The molecule has 2 aliphatic rings. The topological polar surface area (TPSA) is 30.5 Å². The van der Waals surface area contributed by atoms with Crippen molar-refractivity contribution >= 4 is 0 Å². The summed E-state index contributed by atoms with van der Waals surface area (Å²) in [5, 5.41) is 3.58. The monoisotopic (exact) mass is 289 g/mol. The third-order valence-electron chi connectivity index (χ3n) is 4.56. The van der Waals surface area contributed by atoms with Crippen LogP contribution >= 0.6 is 0 Å². The highest BCUT2D eigenvalue weighted by molar-refractivity contribution is 5.29. The smallest absolute Gasteiger partial charge is 0.119 e. The van der Waals surface area contributed by atoms with Gasteiger partial charge in [-0.15, -0.1) is 0 Å². The van der Waals surface area contributed by atoms with Gasteiger partial charge in [0.15, 0.2) is 0 Å². The molecule has 1 unspecified atom stereocenters. The quantitative estimate of drug-likeness (QED) is 0.917. The molecular formula is C18H27NO2. The summed E-state index contributed by atoms with van der Waals surface area (Å²) in [7, 11) is 0. The summed E-state index contributed by atoms with van der Waals surface area (Å²) in [5.41, 5.74) is 1.33. The second kappa shape index (κ2) is 6.37. The predicted molar refractivity (Wildman–Crippen MR) is 84.7 cm³/mol. The van der Waals surface area contributed by atoms with Gasteiger partial charge in [-0.1, -0.05) is 31.4 Å². The van der Waals surface area contributed by atoms with E-state index in [1.54, 1.807) is 0 Å². The SMILES string of the molecule is CC(C)Oc1ccc(C2CNCC3(CCCCC3)O2)cc1. The minimum Gasteiger partial charge on any atom is -0.491 e. The molecule has 3 rings (SSSR count). The van der Waals surface area contributed by atoms with Gasteiger partial charge in [-0.05, 0) is 44.4 Å². The van der Waals surface area contributed by atoms with Crippen LogP contribution in [0.3, 0.4) is 0 Å². The standard InChI is InChI=1S/C18H27NO2/c1-14(2)20-16-8-6-15(7-9-16)17-12-19-13-18(21-17)10-4-3-5-11-18/h6-9,14,17,19H,3-5,10-13H2,1-2H3. The Labute approximate surface area is 128 Å². The Morgan fingerprint density at radius 2 is 1.86 bits per heavy atom. The summed E-state index contributed by atoms with van der Waals surface area (Å²) >= 11 is 0. The van der Waals surface area contributed by atoms with E-state index in [0.717, 1.165) is 18.8 Å². The van der Waals surface area contributed by atoms with Gasteiger partial charge in [0, 0.05) is 13.1 Å². The number of ether oxygens (including phenoxy) is 2. The van der Waals surface area contributed by atoms with E-state index in [0.29, 0.717) is 0 Å². The van der Waals surface area contributed by atoms with Crippen molar-refractivity contribution < 1.29 is 9.47 Å². The van der Waals surface area contributed by atoms with Crippen LogP contribution in [-0.4, -0.2) is 24.8 Å². The van der Waals surface area contributed by atoms with E-state index >= 15 is 0 Å². The van der Waals surface area contributed by atoms with E-state index in [1.807, 2.05) is 0 Å². The van der Waals surface area contributed by atoms with Crippen molar-refractivity contribution in [2.75, 3.05) is 13.1 Å². The lowest BCUT2D eigenvalue weighted by Crippen LogP contribution is -2.51. The lowest BCUT2D eigenvalue weighted by atomic mass is 9.83. The number of hydrogen-bond acceptors (Lipinski definition) is 3. The average Bonchev–Trinajstić information content (AvgIpc) is 2.48. The summed E-state index contributed by atoms with van der Waals surface area (Å²) in [6.07, 6.45) is 6.75. The van der Waals surface area contributed by atoms with Gasteiger partial charge in [0.1, 0.15) is 5.75 Å². The van der Waals surface area contributed by atoms with Crippen LogP contribution in [0.4, 0.5) is 0 Å². The van der Waals surface area contributed by atoms with Crippen LogP contribution in [0.25, 0.3) is 0 Å². The van der Waals surface area contributed by atoms with Crippen LogP contribution in [0.2, 0.25) is 0 Å². The summed E-state index contributed by atoms with van der Waals surface area (Å²) in [5.74, 6) is 0.935. The van der Waals surface area contributed by atoms with Gasteiger partial charge in [0.05, 0.1) is 17.8 Å². The highest BCUT2D eigenvalue weighted by atomic mass is 16.5. The third kappa shape index (κ3) is 3.58. The van der Waals surface area contributed by atoms with E-state index in [9.17, 15) is 0 Å². The van der Waals surface area contributed by atoms with Gasteiger partial charge in [0.25, 0.3) is 0 Å². The van der Waals surface area contributed by atoms with Crippen LogP contribution < -0.4 is 10.1 Å². The summed E-state index contributed by atoms with van der Waals surface area (Å²) in [4.78, 5) is 0. The molecule has 1 aliphatic carbocycles. The second-order valence-electron chi connectivity index (χ2n) is 6.72. The molecule has 3 heteroatoms. The van der Waals surface area contributed by atoms with Crippen LogP contribution in [0.15, 0.2) is 24.3 Å². The summed E-state index contributed by atoms with van der Waals surface area (Å²) < 4.78 is 12.2. The van der Waals surface area contributed by atoms with E-state index in [4.69, 9.17) is 9.47 Å². The maximum absolute atomic E-state index is 6.52. The zero-order valence-corrected chi connectivity index (χ0v) is 13.2. The maximum Gasteiger partial charge on any atom is 0.119 e. The number of hydrogen-bond donors (Lipinski definition) is 1. The van der Waals surface area contributed by atoms with Crippen LogP contribution in [0, 0.1) is 0 Å². The minimum absolute atomic E-state index is 0.0776. The fourth-order valence-electron chi connectivity index (χ4n) is 3.53. The van der Waals surface area contributed by atoms with Crippen molar-refractivity contribution in [3.8, 4) is 5.75 Å². The highest BCUT2D eigenvalue weighted by Gasteiger charge is 2.38. The van der Waals surface area contributed by atoms with Crippen molar-refractivity contribution in [1.82, 2.24) is 5.32 Å². The van der Waals surface area contributed by atoms with Gasteiger partial charge in [-0.3, -0.25) is 0 Å². The van der Waals surface area contributed by atoms with E-state index in [1.165, 1.54) is 37.7 Å². The lowest BCUT2D eigenvalue weighted by Gasteiger charge is -2.44. The zero-order valence-electron chi connectivity index (χ0n) is 13.2. The molecular weight excluding hydrogens is 262 g/mol. The molecule has 0 radical (unpaired) electrons. The molecule has 0 amide bonds. The van der Waals surface area contributed by atoms with E-state index < -0.39 is 0 Å². The fourth-order valence-corrected chi connectivity index (χ4v) is 3.53. The average molecular weight is 289 g/mol. The number of morpholine rings is 1. The predicted octanol–water partition coefficient (Wildman–Crippen LogP) is 3.84. The Bertz CT molecular complexity index is 443. The van der Waals surface area contributed by atoms with Crippen molar-refractivity contribution in [3.05, 3.63) is 29.8 Å². The Morgan fingerprint density at radius 3 is 2.52 bits per heavy atom. The molecule has 21 heavy (non-hydrogen) atoms. The molecule has 1 saturated carbocycles. The van der Waals surface area contributed by atoms with Gasteiger partial charge in [0.2, 0.25) is 0 Å². The van der Waals surface area contributed by atoms with E-state index in [-0.39, 0.29) is 17.8 Å². The first-order valence-electron chi connectivity index (χ1n) is 8.32. The van der Waals surface area contributed by atoms with Gasteiger partial charge < -0.3 is 14.8 Å². The molecule has 0 aromatic heterocycles. The van der Waals surface area contributed by atoms with Gasteiger partial charge in [-0.25, -0.2) is 0 Å². The summed E-state index contributed by atoms with van der Waals surface area (Å²) in [6.45, 7) is 6.02. The van der Waals surface area contributed by atoms with Crippen LogP contribution in [0.5, 0.6) is 5.75 Å². The molecule has 116 valence electrons. The van der Waals surface area contributed by atoms with Crippen LogP contribution in [0.1, 0.15) is 57.6 Å². The number of benzene rings is 1. The van der Waals surface area contributed by atoms with Gasteiger partial charge in [-0.2, -0.15) is 0 Å². The van der Waals surface area contributed by atoms with E-state index in [2.05, 4.69) is 43.4 Å². The Balaban J connectivity index is 1.68. The summed E-state index contributed by atoms with van der Waals surface area (Å²) in [6, 6.07) is 8.40. The first-order valence-corrected chi connectivity index (χ1v) is 8.32. The van der Waals surface area contributed by atoms with Crippen molar-refractivity contribution in [3.63, 3.8) is 0 Å². The Kier molecular flexibility index (Phi) is 4.51. The molecule has 1 heterocycles. The third-order valence-corrected chi connectivity index (χ3v) is 4.56. The van der Waals surface area contributed by atoms with Crippen molar-refractivity contribution in [2.24, 2.45) is 0 Å². The number of nitrogens with one attached hydrogen (secondary N) is 1. The van der Waals surface area contributed by atoms with Crippen molar-refractivity contribution in [2.45, 2.75) is 63.8 Å². The zero-order chi connectivity index (χ0) is 14.7. The Morgan fingerprint density at radius 1 is 1.14 bits per heavy atom. The maximum atomic E-state index is 6.52. The first-order chi connectivity index (χ1) is 10.2. The minimum atomic E-state index is 0.0776. The van der Waals surface area contributed by atoms with Crippen molar-refractivity contribution in [1.29, 1.82) is 0 Å². The fraction of sp³-hybridized carbons (Fsp3) is 0.667. The molecule has 2 fully saturated rings. The molecule has 3 nitrogen and oxygen atoms in total. The molecule has 1 atom stereocenters. The lowest BCUT2D eigenvalue weighted by molar-refractivity contribution is -0.135. The highest BCUT2D eigenvalue weighted by Crippen LogP contribution is 2.38. The van der Waals surface area contributed by atoms with Crippen LogP contribution in [-0.2, 0) is 4.74 Å². The molecule has 1 aliphatic heterocycles. The molecule has 1 spiro atoms. The Hall–Kier alpha value is -1.06. The second-order valence-corrected chi connectivity index (χ2v) is 6.72.